The Kier molecular flexibility index (Phi) is 6.08. The van der Waals surface area contributed by atoms with Crippen LogP contribution in [-0.4, -0.2) is 31.3 Å². The Morgan fingerprint density at radius 3 is 2.79 bits per heavy atom. The number of rotatable bonds is 8. The molecular formula is C13H20N2O4. The third-order valence-electron chi connectivity index (χ3n) is 2.62. The molecular weight excluding hydrogens is 248 g/mol. The van der Waals surface area contributed by atoms with Crippen LogP contribution in [0.2, 0.25) is 0 Å². The Bertz CT molecular complexity index is 423. The highest BCUT2D eigenvalue weighted by molar-refractivity contribution is 5.58. The van der Waals surface area contributed by atoms with Crippen molar-refractivity contribution in [3.05, 3.63) is 28.3 Å². The van der Waals surface area contributed by atoms with Crippen LogP contribution in [0.3, 0.4) is 0 Å². The van der Waals surface area contributed by atoms with E-state index < -0.39 is 4.92 Å². The average Bonchev–Trinajstić information content (AvgIpc) is 2.36. The van der Waals surface area contributed by atoms with Crippen molar-refractivity contribution >= 4 is 11.4 Å². The van der Waals surface area contributed by atoms with Crippen molar-refractivity contribution < 1.29 is 14.4 Å². The standard InChI is InChI=1S/C13H20N2O4/c1-4-19-13-9-11(5-6-12(13)15(16)17)14-10(2)7-8-18-3/h5-6,9-10,14H,4,7-8H2,1-3H3. The number of anilines is 1. The van der Waals surface area contributed by atoms with Crippen molar-refractivity contribution in [2.24, 2.45) is 0 Å². The Hall–Kier alpha value is -1.82. The number of methoxy groups -OCH3 is 1. The molecule has 0 heterocycles. The Morgan fingerprint density at radius 1 is 1.47 bits per heavy atom. The summed E-state index contributed by atoms with van der Waals surface area (Å²) in [5.74, 6) is 0.288. The summed E-state index contributed by atoms with van der Waals surface area (Å²) in [6, 6.07) is 5.02. The zero-order chi connectivity index (χ0) is 14.3. The van der Waals surface area contributed by atoms with Gasteiger partial charge in [-0.05, 0) is 26.3 Å². The lowest BCUT2D eigenvalue weighted by molar-refractivity contribution is -0.385. The van der Waals surface area contributed by atoms with Crippen molar-refractivity contribution in [2.45, 2.75) is 26.3 Å². The number of hydrogen-bond acceptors (Lipinski definition) is 5. The monoisotopic (exact) mass is 268 g/mol. The second kappa shape index (κ2) is 7.58. The molecule has 0 aromatic heterocycles. The topological polar surface area (TPSA) is 73.6 Å². The SMILES string of the molecule is CCOc1cc(NC(C)CCOC)ccc1[N+](=O)[O-]. The summed E-state index contributed by atoms with van der Waals surface area (Å²) in [6.45, 7) is 4.88. The minimum absolute atomic E-state index is 0.0167. The second-order valence-electron chi connectivity index (χ2n) is 4.20. The first-order valence-electron chi connectivity index (χ1n) is 6.25. The van der Waals surface area contributed by atoms with E-state index in [0.717, 1.165) is 12.1 Å². The number of nitro benzene ring substituents is 1. The summed E-state index contributed by atoms with van der Waals surface area (Å²) in [6.07, 6.45) is 0.859. The van der Waals surface area contributed by atoms with Crippen molar-refractivity contribution in [3.63, 3.8) is 0 Å². The van der Waals surface area contributed by atoms with Gasteiger partial charge in [-0.2, -0.15) is 0 Å². The molecule has 0 saturated heterocycles. The van der Waals surface area contributed by atoms with Crippen LogP contribution in [0.5, 0.6) is 5.75 Å². The van der Waals surface area contributed by atoms with E-state index >= 15 is 0 Å². The Morgan fingerprint density at radius 2 is 2.21 bits per heavy atom. The third-order valence-corrected chi connectivity index (χ3v) is 2.62. The first-order valence-corrected chi connectivity index (χ1v) is 6.25. The van der Waals surface area contributed by atoms with E-state index in [4.69, 9.17) is 9.47 Å². The summed E-state index contributed by atoms with van der Waals surface area (Å²) >= 11 is 0. The lowest BCUT2D eigenvalue weighted by Crippen LogP contribution is -2.17. The predicted molar refractivity (Wildman–Crippen MR) is 73.8 cm³/mol. The molecule has 0 bridgehead atoms. The molecule has 0 spiro atoms. The first kappa shape index (κ1) is 15.2. The van der Waals surface area contributed by atoms with E-state index in [1.807, 2.05) is 6.92 Å². The molecule has 1 aromatic carbocycles. The van der Waals surface area contributed by atoms with Gasteiger partial charge >= 0.3 is 5.69 Å². The molecule has 0 radical (unpaired) electrons. The van der Waals surface area contributed by atoms with Gasteiger partial charge in [0.2, 0.25) is 0 Å². The maximum atomic E-state index is 10.9. The van der Waals surface area contributed by atoms with Gasteiger partial charge in [-0.15, -0.1) is 0 Å². The van der Waals surface area contributed by atoms with Gasteiger partial charge in [0.1, 0.15) is 0 Å². The fraction of sp³-hybridized carbons (Fsp3) is 0.538. The molecule has 1 N–H and O–H groups in total. The van der Waals surface area contributed by atoms with E-state index in [2.05, 4.69) is 5.32 Å². The zero-order valence-electron chi connectivity index (χ0n) is 11.5. The van der Waals surface area contributed by atoms with Crippen LogP contribution in [0, 0.1) is 10.1 Å². The van der Waals surface area contributed by atoms with Gasteiger partial charge in [-0.25, -0.2) is 0 Å². The van der Waals surface area contributed by atoms with E-state index in [1.54, 1.807) is 26.2 Å². The molecule has 0 fully saturated rings. The zero-order valence-corrected chi connectivity index (χ0v) is 11.5. The fourth-order valence-electron chi connectivity index (χ4n) is 1.68. The third kappa shape index (κ3) is 4.75. The van der Waals surface area contributed by atoms with Crippen LogP contribution in [0.4, 0.5) is 11.4 Å². The van der Waals surface area contributed by atoms with Crippen molar-refractivity contribution in [3.8, 4) is 5.75 Å². The molecule has 0 aliphatic carbocycles. The number of nitro groups is 1. The number of benzene rings is 1. The molecule has 6 heteroatoms. The number of nitrogens with one attached hydrogen (secondary N) is 1. The molecule has 0 amide bonds. The molecule has 1 rings (SSSR count). The van der Waals surface area contributed by atoms with Gasteiger partial charge in [-0.3, -0.25) is 10.1 Å². The minimum atomic E-state index is -0.441. The lowest BCUT2D eigenvalue weighted by atomic mass is 10.2. The maximum Gasteiger partial charge on any atom is 0.311 e. The molecule has 6 nitrogen and oxygen atoms in total. The van der Waals surface area contributed by atoms with Crippen LogP contribution in [0.1, 0.15) is 20.3 Å². The number of nitrogens with zero attached hydrogens (tertiary/aromatic N) is 1. The smallest absolute Gasteiger partial charge is 0.311 e. The normalized spacial score (nSPS) is 11.9. The molecule has 106 valence electrons. The van der Waals surface area contributed by atoms with E-state index in [-0.39, 0.29) is 17.5 Å². The number of hydrogen-bond donors (Lipinski definition) is 1. The Balaban J connectivity index is 2.80. The van der Waals surface area contributed by atoms with Gasteiger partial charge in [0.25, 0.3) is 0 Å². The van der Waals surface area contributed by atoms with Crippen LogP contribution in [-0.2, 0) is 4.74 Å². The van der Waals surface area contributed by atoms with E-state index in [9.17, 15) is 10.1 Å². The van der Waals surface area contributed by atoms with E-state index in [1.165, 1.54) is 6.07 Å². The highest BCUT2D eigenvalue weighted by Crippen LogP contribution is 2.30. The first-order chi connectivity index (χ1) is 9.08. The molecule has 1 atom stereocenters. The highest BCUT2D eigenvalue weighted by atomic mass is 16.6. The summed E-state index contributed by atoms with van der Waals surface area (Å²) < 4.78 is 10.3. The molecule has 0 aliphatic heterocycles. The highest BCUT2D eigenvalue weighted by Gasteiger charge is 2.15. The van der Waals surface area contributed by atoms with Crippen LogP contribution >= 0.6 is 0 Å². The summed E-state index contributed by atoms with van der Waals surface area (Å²) in [4.78, 5) is 10.4. The number of ether oxygens (including phenoxy) is 2. The lowest BCUT2D eigenvalue weighted by Gasteiger charge is -2.15. The quantitative estimate of drug-likeness (QED) is 0.579. The molecule has 0 saturated carbocycles. The summed E-state index contributed by atoms with van der Waals surface area (Å²) in [7, 11) is 1.66. The Labute approximate surface area is 112 Å². The van der Waals surface area contributed by atoms with Gasteiger partial charge in [0, 0.05) is 37.6 Å². The van der Waals surface area contributed by atoms with Gasteiger partial charge in [-0.1, -0.05) is 0 Å². The molecule has 19 heavy (non-hydrogen) atoms. The summed E-state index contributed by atoms with van der Waals surface area (Å²) in [5, 5.41) is 14.1. The van der Waals surface area contributed by atoms with Crippen LogP contribution in [0.15, 0.2) is 18.2 Å². The van der Waals surface area contributed by atoms with E-state index in [0.29, 0.717) is 13.2 Å². The van der Waals surface area contributed by atoms with Crippen molar-refractivity contribution in [1.29, 1.82) is 0 Å². The van der Waals surface area contributed by atoms with Crippen molar-refractivity contribution in [1.82, 2.24) is 0 Å². The fourth-order valence-corrected chi connectivity index (χ4v) is 1.68. The maximum absolute atomic E-state index is 10.9. The largest absolute Gasteiger partial charge is 0.487 e. The van der Waals surface area contributed by atoms with Gasteiger partial charge < -0.3 is 14.8 Å². The van der Waals surface area contributed by atoms with Gasteiger partial charge in [0.15, 0.2) is 5.75 Å². The molecule has 1 unspecified atom stereocenters. The van der Waals surface area contributed by atoms with Crippen molar-refractivity contribution in [2.75, 3.05) is 25.6 Å². The molecule has 1 aromatic rings. The predicted octanol–water partition coefficient (Wildman–Crippen LogP) is 2.83. The summed E-state index contributed by atoms with van der Waals surface area (Å²) in [5.41, 5.74) is 0.787. The molecule has 0 aliphatic rings. The average molecular weight is 268 g/mol. The van der Waals surface area contributed by atoms with Gasteiger partial charge in [0.05, 0.1) is 11.5 Å². The second-order valence-corrected chi connectivity index (χ2v) is 4.20. The van der Waals surface area contributed by atoms with Crippen LogP contribution in [0.25, 0.3) is 0 Å². The minimum Gasteiger partial charge on any atom is -0.487 e. The van der Waals surface area contributed by atoms with Crippen LogP contribution < -0.4 is 10.1 Å².